The van der Waals surface area contributed by atoms with Gasteiger partial charge in [-0.25, -0.2) is 9.59 Å². The monoisotopic (exact) mass is 554 g/mol. The molecule has 0 aliphatic carbocycles. The molecule has 1 aromatic rings. The van der Waals surface area contributed by atoms with Crippen molar-refractivity contribution in [3.8, 4) is 23.6 Å². The summed E-state index contributed by atoms with van der Waals surface area (Å²) in [5.74, 6) is -2.83. The van der Waals surface area contributed by atoms with Crippen molar-refractivity contribution >= 4 is 65.0 Å². The molecule has 0 saturated carbocycles. The van der Waals surface area contributed by atoms with Crippen LogP contribution < -0.4 is 4.74 Å². The van der Waals surface area contributed by atoms with Gasteiger partial charge in [0.05, 0.1) is 41.3 Å². The molecular weight excluding hydrogens is 540 g/mol. The van der Waals surface area contributed by atoms with E-state index in [0.717, 1.165) is 47.0 Å². The summed E-state index contributed by atoms with van der Waals surface area (Å²) in [6.07, 6.45) is 0. The number of aliphatic hydroxyl groups is 2. The van der Waals surface area contributed by atoms with Crippen LogP contribution in [0.3, 0.4) is 0 Å². The topological polar surface area (TPSA) is 187 Å². The van der Waals surface area contributed by atoms with Gasteiger partial charge in [-0.1, -0.05) is 47.0 Å². The molecule has 0 aromatic heterocycles. The Morgan fingerprint density at radius 2 is 1.20 bits per heavy atom. The van der Waals surface area contributed by atoms with E-state index < -0.39 is 31.1 Å². The molecule has 35 heavy (non-hydrogen) atoms. The Labute approximate surface area is 215 Å². The average molecular weight is 555 g/mol. The van der Waals surface area contributed by atoms with Crippen molar-refractivity contribution in [1.29, 1.82) is 10.5 Å². The summed E-state index contributed by atoms with van der Waals surface area (Å²) < 4.78 is 15.4. The minimum absolute atomic E-state index is 0.0299. The van der Waals surface area contributed by atoms with Gasteiger partial charge in [0.2, 0.25) is 0 Å². The summed E-state index contributed by atoms with van der Waals surface area (Å²) in [7, 11) is 0. The Bertz CT molecular complexity index is 1180. The number of esters is 3. The number of hydrogen-bond acceptors (Lipinski definition) is 15. The summed E-state index contributed by atoms with van der Waals surface area (Å²) in [5, 5.41) is 47.6. The summed E-state index contributed by atoms with van der Waals surface area (Å²) in [6, 6.07) is 3.51. The fourth-order valence-electron chi connectivity index (χ4n) is 2.63. The van der Waals surface area contributed by atoms with E-state index in [-0.39, 0.29) is 63.9 Å². The quantitative estimate of drug-likeness (QED) is 0.192. The molecule has 3 N–H and O–H groups in total. The van der Waals surface area contributed by atoms with Gasteiger partial charge >= 0.3 is 17.9 Å². The lowest BCUT2D eigenvalue weighted by Gasteiger charge is -2.12. The van der Waals surface area contributed by atoms with Gasteiger partial charge < -0.3 is 29.5 Å². The molecular formula is C20H14N2O9S4. The molecule has 2 aliphatic heterocycles. The number of phenols is 1. The normalized spacial score (nSPS) is 16.4. The van der Waals surface area contributed by atoms with Crippen LogP contribution in [0.1, 0.15) is 6.92 Å². The fraction of sp³-hybridized carbons (Fsp3) is 0.250. The van der Waals surface area contributed by atoms with E-state index in [0.29, 0.717) is 0 Å². The largest absolute Gasteiger partial charge is 0.505 e. The molecule has 0 spiro atoms. The predicted octanol–water partition coefficient (Wildman–Crippen LogP) is 2.25. The molecule has 0 unspecified atom stereocenters. The number of nitriles is 2. The molecule has 0 fully saturated rings. The van der Waals surface area contributed by atoms with Crippen LogP contribution in [0.4, 0.5) is 0 Å². The van der Waals surface area contributed by atoms with Crippen molar-refractivity contribution in [2.45, 2.75) is 26.5 Å². The predicted molar refractivity (Wildman–Crippen MR) is 124 cm³/mol. The number of ether oxygens (including phenoxy) is 3. The van der Waals surface area contributed by atoms with Crippen molar-refractivity contribution < 1.29 is 43.9 Å². The van der Waals surface area contributed by atoms with Gasteiger partial charge in [-0.15, -0.1) is 0 Å². The Morgan fingerprint density at radius 3 is 1.54 bits per heavy atom. The lowest BCUT2D eigenvalue weighted by molar-refractivity contribution is -0.140. The van der Waals surface area contributed by atoms with Crippen molar-refractivity contribution in [1.82, 2.24) is 0 Å². The van der Waals surface area contributed by atoms with Crippen molar-refractivity contribution in [2.75, 3.05) is 26.4 Å². The standard InChI is InChI=1S/C20H14N2O9S4/c1-8(25)31-12-15-13(32-19(34-15)9(6-21)17(27)29-4-2-23)11(26)14-16(12)35-20(33-14)10(7-22)18(28)30-5-3-24/h23-24,26H,2-5H2,1H3/b19-9-,20-10+. The van der Waals surface area contributed by atoms with Gasteiger partial charge in [-0.3, -0.25) is 4.79 Å². The minimum atomic E-state index is -0.959. The van der Waals surface area contributed by atoms with Crippen LogP contribution in [0.25, 0.3) is 0 Å². The molecule has 2 heterocycles. The van der Waals surface area contributed by atoms with Crippen LogP contribution in [0.5, 0.6) is 11.5 Å². The molecule has 0 bridgehead atoms. The molecule has 0 amide bonds. The fourth-order valence-corrected chi connectivity index (χ4v) is 7.87. The van der Waals surface area contributed by atoms with Crippen molar-refractivity contribution in [3.63, 3.8) is 0 Å². The number of phenolic OH excluding ortho intramolecular Hbond substituents is 1. The number of fused-ring (bicyclic) bond motifs is 2. The summed E-state index contributed by atoms with van der Waals surface area (Å²) in [4.78, 5) is 37.2. The maximum atomic E-state index is 12.2. The Kier molecular flexibility index (Phi) is 9.01. The maximum Gasteiger partial charge on any atom is 0.350 e. The first-order valence-corrected chi connectivity index (χ1v) is 12.7. The highest BCUT2D eigenvalue weighted by atomic mass is 32.2. The number of thioether (sulfide) groups is 4. The Morgan fingerprint density at radius 1 is 0.800 bits per heavy atom. The second kappa shape index (κ2) is 11.8. The third kappa shape index (κ3) is 5.56. The highest BCUT2D eigenvalue weighted by Gasteiger charge is 2.39. The highest BCUT2D eigenvalue weighted by molar-refractivity contribution is 8.26. The zero-order valence-corrected chi connectivity index (χ0v) is 20.9. The number of benzene rings is 1. The third-order valence-electron chi connectivity index (χ3n) is 3.97. The maximum absolute atomic E-state index is 12.2. The number of hydrogen-bond donors (Lipinski definition) is 3. The van der Waals surface area contributed by atoms with E-state index in [1.807, 2.05) is 0 Å². The van der Waals surface area contributed by atoms with E-state index in [1.54, 1.807) is 12.1 Å². The molecule has 11 nitrogen and oxygen atoms in total. The number of carbonyl (C=O) groups excluding carboxylic acids is 3. The molecule has 0 radical (unpaired) electrons. The van der Waals surface area contributed by atoms with E-state index in [4.69, 9.17) is 24.4 Å². The van der Waals surface area contributed by atoms with Gasteiger partial charge in [0, 0.05) is 6.92 Å². The molecule has 0 atom stereocenters. The second-order valence-electron chi connectivity index (χ2n) is 6.26. The summed E-state index contributed by atoms with van der Waals surface area (Å²) in [6.45, 7) is -0.289. The minimum Gasteiger partial charge on any atom is -0.505 e. The summed E-state index contributed by atoms with van der Waals surface area (Å²) >= 11 is 3.60. The summed E-state index contributed by atoms with van der Waals surface area (Å²) in [5.41, 5.74) is -0.699. The highest BCUT2D eigenvalue weighted by Crippen LogP contribution is 2.68. The Hall–Kier alpha value is -2.79. The van der Waals surface area contributed by atoms with Crippen molar-refractivity contribution in [2.24, 2.45) is 0 Å². The molecule has 0 saturated heterocycles. The van der Waals surface area contributed by atoms with Gasteiger partial charge in [0.15, 0.2) is 16.9 Å². The van der Waals surface area contributed by atoms with E-state index in [9.17, 15) is 30.0 Å². The first-order chi connectivity index (χ1) is 16.8. The number of rotatable bonds is 7. The van der Waals surface area contributed by atoms with Crippen LogP contribution in [0.2, 0.25) is 0 Å². The van der Waals surface area contributed by atoms with Gasteiger partial charge in [-0.05, 0) is 0 Å². The van der Waals surface area contributed by atoms with Crippen LogP contribution in [-0.2, 0) is 23.9 Å². The van der Waals surface area contributed by atoms with Gasteiger partial charge in [-0.2, -0.15) is 10.5 Å². The molecule has 1 aromatic carbocycles. The molecule has 3 rings (SSSR count). The number of aliphatic hydroxyl groups excluding tert-OH is 2. The molecule has 182 valence electrons. The van der Waals surface area contributed by atoms with Crippen LogP contribution >= 0.6 is 47.0 Å². The first kappa shape index (κ1) is 26.8. The molecule has 15 heteroatoms. The van der Waals surface area contributed by atoms with Crippen molar-refractivity contribution in [3.05, 3.63) is 19.6 Å². The van der Waals surface area contributed by atoms with Crippen LogP contribution in [0, 0.1) is 22.7 Å². The third-order valence-corrected chi connectivity index (χ3v) is 9.18. The zero-order valence-electron chi connectivity index (χ0n) is 17.6. The lowest BCUT2D eigenvalue weighted by Crippen LogP contribution is -2.10. The number of nitrogens with zero attached hydrogens (tertiary/aromatic N) is 2. The van der Waals surface area contributed by atoms with Gasteiger partial charge in [0.25, 0.3) is 0 Å². The smallest absolute Gasteiger partial charge is 0.350 e. The van der Waals surface area contributed by atoms with Crippen LogP contribution in [0.15, 0.2) is 39.2 Å². The second-order valence-corrected chi connectivity index (χ2v) is 10.9. The van der Waals surface area contributed by atoms with Gasteiger partial charge in [0.1, 0.15) is 31.1 Å². The van der Waals surface area contributed by atoms with E-state index in [1.165, 1.54) is 6.92 Å². The van der Waals surface area contributed by atoms with Crippen LogP contribution in [-0.4, -0.2) is 59.7 Å². The SMILES string of the molecule is CC(=O)Oc1c2c(c(O)c3c1S/C(=C(\C#N)C(=O)OCCO)S3)S/C(=C(\C#N)C(=O)OCCO)S2. The first-order valence-electron chi connectivity index (χ1n) is 9.44. The number of carbonyl (C=O) groups is 3. The average Bonchev–Trinajstić information content (AvgIpc) is 3.45. The lowest BCUT2D eigenvalue weighted by atomic mass is 10.3. The van der Waals surface area contributed by atoms with E-state index in [2.05, 4.69) is 0 Å². The van der Waals surface area contributed by atoms with E-state index >= 15 is 0 Å². The zero-order chi connectivity index (χ0) is 25.7. The Balaban J connectivity index is 2.09. The molecule has 2 aliphatic rings. The number of aromatic hydroxyl groups is 1.